The van der Waals surface area contributed by atoms with Gasteiger partial charge in [-0.2, -0.15) is 0 Å². The van der Waals surface area contributed by atoms with Crippen LogP contribution in [0.15, 0.2) is 49.1 Å². The summed E-state index contributed by atoms with van der Waals surface area (Å²) in [6.07, 6.45) is 8.57. The van der Waals surface area contributed by atoms with E-state index < -0.39 is 0 Å². The van der Waals surface area contributed by atoms with Crippen LogP contribution in [0.1, 0.15) is 13.8 Å². The second kappa shape index (κ2) is 4.88. The van der Waals surface area contributed by atoms with Crippen molar-refractivity contribution >= 4 is 0 Å². The number of nitrogens with zero attached hydrogens (tertiary/aromatic N) is 2. The highest BCUT2D eigenvalue weighted by atomic mass is 14.9. The number of pyridine rings is 2. The van der Waals surface area contributed by atoms with Gasteiger partial charge in [-0.15, -0.1) is 0 Å². The third kappa shape index (κ3) is 2.27. The molecule has 2 heterocycles. The van der Waals surface area contributed by atoms with Crippen molar-refractivity contribution in [3.63, 3.8) is 0 Å². The minimum Gasteiger partial charge on any atom is -0.205 e. The molecule has 0 atom stereocenters. The topological polar surface area (TPSA) is 7.76 Å². The van der Waals surface area contributed by atoms with Crippen LogP contribution in [-0.4, -0.2) is 0 Å². The molecule has 0 aliphatic rings. The Labute approximate surface area is 96.8 Å². The van der Waals surface area contributed by atoms with E-state index in [-0.39, 0.29) is 0 Å². The van der Waals surface area contributed by atoms with Crippen LogP contribution < -0.4 is 9.13 Å². The lowest BCUT2D eigenvalue weighted by molar-refractivity contribution is -0.694. The van der Waals surface area contributed by atoms with E-state index in [2.05, 4.69) is 72.0 Å². The van der Waals surface area contributed by atoms with Gasteiger partial charge in [0.15, 0.2) is 24.8 Å². The number of rotatable bonds is 3. The molecule has 82 valence electrons. The van der Waals surface area contributed by atoms with E-state index in [1.165, 1.54) is 11.1 Å². The lowest BCUT2D eigenvalue weighted by Crippen LogP contribution is -2.32. The first-order valence-electron chi connectivity index (χ1n) is 5.82. The lowest BCUT2D eigenvalue weighted by atomic mass is 10.1. The maximum absolute atomic E-state index is 2.19. The molecule has 0 saturated heterocycles. The summed E-state index contributed by atoms with van der Waals surface area (Å²) in [7, 11) is 0. The molecular weight excluding hydrogens is 196 g/mol. The van der Waals surface area contributed by atoms with Crippen LogP contribution in [0.5, 0.6) is 0 Å². The summed E-state index contributed by atoms with van der Waals surface area (Å²) in [6.45, 7) is 6.32. The Morgan fingerprint density at radius 2 is 1.25 bits per heavy atom. The zero-order valence-electron chi connectivity index (χ0n) is 9.93. The van der Waals surface area contributed by atoms with Crippen molar-refractivity contribution in [2.24, 2.45) is 0 Å². The van der Waals surface area contributed by atoms with Gasteiger partial charge in [-0.25, -0.2) is 9.13 Å². The maximum atomic E-state index is 2.19. The first-order valence-corrected chi connectivity index (χ1v) is 5.82. The van der Waals surface area contributed by atoms with E-state index in [1.807, 2.05) is 0 Å². The minimum atomic E-state index is 1.01. The molecule has 2 rings (SSSR count). The van der Waals surface area contributed by atoms with Gasteiger partial charge in [0, 0.05) is 12.1 Å². The second-order valence-corrected chi connectivity index (χ2v) is 3.85. The summed E-state index contributed by atoms with van der Waals surface area (Å²) in [5.74, 6) is 0. The molecule has 0 saturated carbocycles. The Bertz CT molecular complexity index is 432. The van der Waals surface area contributed by atoms with Gasteiger partial charge in [-0.1, -0.05) is 0 Å². The van der Waals surface area contributed by atoms with Crippen LogP contribution in [0, 0.1) is 0 Å². The van der Waals surface area contributed by atoms with E-state index in [1.54, 1.807) is 0 Å². The largest absolute Gasteiger partial charge is 0.205 e. The summed E-state index contributed by atoms with van der Waals surface area (Å²) in [5.41, 5.74) is 2.54. The number of aromatic nitrogens is 2. The van der Waals surface area contributed by atoms with Crippen molar-refractivity contribution in [2.45, 2.75) is 26.9 Å². The van der Waals surface area contributed by atoms with Crippen LogP contribution in [0.2, 0.25) is 0 Å². The fraction of sp³-hybridized carbons (Fsp3) is 0.286. The molecule has 2 aromatic heterocycles. The molecule has 0 unspecified atom stereocenters. The molecule has 2 heteroatoms. The SMILES string of the molecule is CC[n+]1cccc(-c2ccc[n+](CC)c2)c1. The molecule has 2 nitrogen and oxygen atoms in total. The smallest absolute Gasteiger partial charge is 0.176 e. The molecule has 0 amide bonds. The lowest BCUT2D eigenvalue weighted by Gasteiger charge is -1.99. The van der Waals surface area contributed by atoms with Gasteiger partial charge in [-0.05, 0) is 26.0 Å². The Morgan fingerprint density at radius 1 is 0.812 bits per heavy atom. The van der Waals surface area contributed by atoms with Gasteiger partial charge in [0.25, 0.3) is 0 Å². The summed E-state index contributed by atoms with van der Waals surface area (Å²) >= 11 is 0. The highest BCUT2D eigenvalue weighted by Gasteiger charge is 2.06. The van der Waals surface area contributed by atoms with Gasteiger partial charge < -0.3 is 0 Å². The fourth-order valence-electron chi connectivity index (χ4n) is 1.78. The molecule has 16 heavy (non-hydrogen) atoms. The predicted molar refractivity (Wildman–Crippen MR) is 63.6 cm³/mol. The van der Waals surface area contributed by atoms with E-state index in [4.69, 9.17) is 0 Å². The van der Waals surface area contributed by atoms with Gasteiger partial charge in [-0.3, -0.25) is 0 Å². The fourth-order valence-corrected chi connectivity index (χ4v) is 1.78. The normalized spacial score (nSPS) is 10.4. The van der Waals surface area contributed by atoms with Gasteiger partial charge in [0.1, 0.15) is 13.1 Å². The molecule has 0 aromatic carbocycles. The van der Waals surface area contributed by atoms with Crippen molar-refractivity contribution in [3.8, 4) is 11.1 Å². The van der Waals surface area contributed by atoms with Crippen molar-refractivity contribution in [1.29, 1.82) is 0 Å². The summed E-state index contributed by atoms with van der Waals surface area (Å²) < 4.78 is 4.39. The Balaban J connectivity index is 2.41. The van der Waals surface area contributed by atoms with E-state index in [9.17, 15) is 0 Å². The zero-order valence-corrected chi connectivity index (χ0v) is 9.93. The molecular formula is C14H18N2+2. The number of hydrogen-bond acceptors (Lipinski definition) is 0. The van der Waals surface area contributed by atoms with Crippen molar-refractivity contribution in [1.82, 2.24) is 0 Å². The second-order valence-electron chi connectivity index (χ2n) is 3.85. The predicted octanol–water partition coefficient (Wildman–Crippen LogP) is 1.97. The standard InChI is InChI=1S/C14H18N2/c1-3-15-9-5-7-13(11-15)14-8-6-10-16(4-2)12-14/h5-12H,3-4H2,1-2H3/q+2. The highest BCUT2D eigenvalue weighted by Crippen LogP contribution is 2.14. The third-order valence-electron chi connectivity index (χ3n) is 2.78. The van der Waals surface area contributed by atoms with Crippen LogP contribution in [0.25, 0.3) is 11.1 Å². The zero-order chi connectivity index (χ0) is 11.4. The molecule has 2 aromatic rings. The van der Waals surface area contributed by atoms with E-state index >= 15 is 0 Å². The van der Waals surface area contributed by atoms with Crippen LogP contribution in [0.4, 0.5) is 0 Å². The third-order valence-corrected chi connectivity index (χ3v) is 2.78. The number of hydrogen-bond donors (Lipinski definition) is 0. The molecule has 0 N–H and O–H groups in total. The maximum Gasteiger partial charge on any atom is 0.176 e. The Hall–Kier alpha value is -1.70. The minimum absolute atomic E-state index is 1.01. The summed E-state index contributed by atoms with van der Waals surface area (Å²) in [6, 6.07) is 8.51. The van der Waals surface area contributed by atoms with Gasteiger partial charge in [0.05, 0.1) is 11.1 Å². The Kier molecular flexibility index (Phi) is 3.30. The Morgan fingerprint density at radius 3 is 1.62 bits per heavy atom. The van der Waals surface area contributed by atoms with E-state index in [0.29, 0.717) is 0 Å². The molecule has 0 aliphatic heterocycles. The molecule has 0 radical (unpaired) electrons. The average Bonchev–Trinajstić information content (AvgIpc) is 2.39. The van der Waals surface area contributed by atoms with Crippen LogP contribution in [-0.2, 0) is 13.1 Å². The van der Waals surface area contributed by atoms with E-state index in [0.717, 1.165) is 13.1 Å². The van der Waals surface area contributed by atoms with Crippen LogP contribution in [0.3, 0.4) is 0 Å². The monoisotopic (exact) mass is 214 g/mol. The molecule has 0 aliphatic carbocycles. The number of aryl methyl sites for hydroxylation is 2. The van der Waals surface area contributed by atoms with Crippen molar-refractivity contribution in [2.75, 3.05) is 0 Å². The molecule has 0 fully saturated rings. The highest BCUT2D eigenvalue weighted by molar-refractivity contribution is 5.59. The summed E-state index contributed by atoms with van der Waals surface area (Å²) in [4.78, 5) is 0. The first-order chi connectivity index (χ1) is 7.83. The van der Waals surface area contributed by atoms with Gasteiger partial charge in [0.2, 0.25) is 0 Å². The molecule has 0 bridgehead atoms. The molecule has 0 spiro atoms. The first kappa shape index (κ1) is 10.8. The average molecular weight is 214 g/mol. The van der Waals surface area contributed by atoms with Gasteiger partial charge >= 0.3 is 0 Å². The summed E-state index contributed by atoms with van der Waals surface area (Å²) in [5, 5.41) is 0. The quantitative estimate of drug-likeness (QED) is 0.690. The van der Waals surface area contributed by atoms with Crippen molar-refractivity contribution < 1.29 is 9.13 Å². The van der Waals surface area contributed by atoms with Crippen LogP contribution >= 0.6 is 0 Å². The van der Waals surface area contributed by atoms with Crippen molar-refractivity contribution in [3.05, 3.63) is 49.1 Å².